The lowest BCUT2D eigenvalue weighted by atomic mass is 9.95. The van der Waals surface area contributed by atoms with E-state index in [-0.39, 0.29) is 17.7 Å². The number of aromatic nitrogens is 1. The standard InChI is InChI=1S/C30H26N2O7S/c1-5-38-29(35)25-17(2)31-30-32(26(25)21-11-6-7-12-23(21)36-3)27(33)24(40-30)16-20-13-14-22(39-20)18-9-8-10-19(15-18)28(34)37-4/h6-16,26H,5H2,1-4H3/b24-16-/t26-/m1/s1. The molecule has 0 radical (unpaired) electrons. The number of para-hydroxylation sites is 1. The van der Waals surface area contributed by atoms with Crippen LogP contribution in [0.15, 0.2) is 86.1 Å². The summed E-state index contributed by atoms with van der Waals surface area (Å²) in [6, 6.07) is 16.8. The molecule has 0 bridgehead atoms. The summed E-state index contributed by atoms with van der Waals surface area (Å²) in [6.07, 6.45) is 1.64. The topological polar surface area (TPSA) is 109 Å². The lowest BCUT2D eigenvalue weighted by Crippen LogP contribution is -2.40. The zero-order valence-corrected chi connectivity index (χ0v) is 23.1. The molecule has 0 unspecified atom stereocenters. The molecule has 0 spiro atoms. The van der Waals surface area contributed by atoms with Crippen molar-refractivity contribution in [1.82, 2.24) is 4.57 Å². The SMILES string of the molecule is CCOC(=O)C1=C(C)N=c2s/c(=C\c3ccc(-c4cccc(C(=O)OC)c4)o3)c(=O)n2[C@@H]1c1ccccc1OC. The fourth-order valence-corrected chi connectivity index (χ4v) is 5.64. The van der Waals surface area contributed by atoms with Crippen molar-refractivity contribution in [2.45, 2.75) is 19.9 Å². The van der Waals surface area contributed by atoms with Crippen molar-refractivity contribution >= 4 is 29.4 Å². The minimum atomic E-state index is -0.790. The lowest BCUT2D eigenvalue weighted by molar-refractivity contribution is -0.139. The van der Waals surface area contributed by atoms with Crippen LogP contribution in [0.3, 0.4) is 0 Å². The Bertz CT molecular complexity index is 1830. The Morgan fingerprint density at radius 3 is 2.62 bits per heavy atom. The number of fused-ring (bicyclic) bond motifs is 1. The summed E-state index contributed by atoms with van der Waals surface area (Å²) in [6.45, 7) is 3.64. The summed E-state index contributed by atoms with van der Waals surface area (Å²) in [4.78, 5) is 43.9. The first-order chi connectivity index (χ1) is 19.4. The average molecular weight is 559 g/mol. The van der Waals surface area contributed by atoms with Gasteiger partial charge in [-0.3, -0.25) is 9.36 Å². The molecule has 2 aromatic heterocycles. The van der Waals surface area contributed by atoms with E-state index in [9.17, 15) is 14.4 Å². The maximum Gasteiger partial charge on any atom is 0.338 e. The maximum absolute atomic E-state index is 13.8. The Morgan fingerprint density at radius 1 is 1.07 bits per heavy atom. The number of benzene rings is 2. The van der Waals surface area contributed by atoms with Gasteiger partial charge < -0.3 is 18.6 Å². The zero-order chi connectivity index (χ0) is 28.4. The smallest absolute Gasteiger partial charge is 0.338 e. The van der Waals surface area contributed by atoms with Gasteiger partial charge in [0, 0.05) is 17.2 Å². The average Bonchev–Trinajstić information content (AvgIpc) is 3.56. The van der Waals surface area contributed by atoms with Crippen LogP contribution < -0.4 is 19.6 Å². The molecule has 1 atom stereocenters. The molecule has 5 rings (SSSR count). The predicted octanol–water partition coefficient (Wildman–Crippen LogP) is 3.85. The minimum absolute atomic E-state index is 0.183. The summed E-state index contributed by atoms with van der Waals surface area (Å²) < 4.78 is 23.6. The Labute approximate surface area is 233 Å². The molecule has 0 amide bonds. The number of esters is 2. The van der Waals surface area contributed by atoms with E-state index in [1.54, 1.807) is 63.4 Å². The molecule has 9 nitrogen and oxygen atoms in total. The van der Waals surface area contributed by atoms with E-state index in [4.69, 9.17) is 18.6 Å². The van der Waals surface area contributed by atoms with Gasteiger partial charge in [0.15, 0.2) is 4.80 Å². The van der Waals surface area contributed by atoms with Crippen molar-refractivity contribution < 1.29 is 28.2 Å². The van der Waals surface area contributed by atoms with Crippen LogP contribution in [-0.2, 0) is 14.3 Å². The van der Waals surface area contributed by atoms with Gasteiger partial charge in [-0.1, -0.05) is 41.7 Å². The summed E-state index contributed by atoms with van der Waals surface area (Å²) >= 11 is 1.19. The van der Waals surface area contributed by atoms with Crippen molar-refractivity contribution in [2.24, 2.45) is 4.99 Å². The third kappa shape index (κ3) is 4.89. The summed E-state index contributed by atoms with van der Waals surface area (Å²) in [5, 5.41) is 0. The molecule has 10 heteroatoms. The number of thiazole rings is 1. The molecule has 1 aliphatic rings. The highest BCUT2D eigenvalue weighted by atomic mass is 32.1. The van der Waals surface area contributed by atoms with Crippen LogP contribution in [0.1, 0.15) is 41.6 Å². The van der Waals surface area contributed by atoms with E-state index in [2.05, 4.69) is 4.99 Å². The number of rotatable bonds is 7. The number of carbonyl (C=O) groups is 2. The van der Waals surface area contributed by atoms with E-state index in [1.165, 1.54) is 23.0 Å². The van der Waals surface area contributed by atoms with Crippen LogP contribution in [-0.4, -0.2) is 37.3 Å². The van der Waals surface area contributed by atoms with Gasteiger partial charge in [-0.15, -0.1) is 0 Å². The largest absolute Gasteiger partial charge is 0.496 e. The molecule has 0 saturated heterocycles. The van der Waals surface area contributed by atoms with Gasteiger partial charge in [0.05, 0.1) is 42.2 Å². The first-order valence-electron chi connectivity index (χ1n) is 12.5. The molecule has 1 aliphatic heterocycles. The number of allylic oxidation sites excluding steroid dienone is 1. The Morgan fingerprint density at radius 2 is 1.88 bits per heavy atom. The Balaban J connectivity index is 1.62. The molecular formula is C30H26N2O7S. The fourth-order valence-electron chi connectivity index (χ4n) is 4.61. The first kappa shape index (κ1) is 26.9. The molecule has 0 aliphatic carbocycles. The first-order valence-corrected chi connectivity index (χ1v) is 13.3. The zero-order valence-electron chi connectivity index (χ0n) is 22.3. The van der Waals surface area contributed by atoms with Crippen molar-refractivity contribution in [3.05, 3.63) is 109 Å². The fraction of sp³-hybridized carbons (Fsp3) is 0.200. The molecule has 2 aromatic carbocycles. The predicted molar refractivity (Wildman–Crippen MR) is 149 cm³/mol. The maximum atomic E-state index is 13.8. The molecule has 0 N–H and O–H groups in total. The van der Waals surface area contributed by atoms with Crippen molar-refractivity contribution in [3.63, 3.8) is 0 Å². The third-order valence-corrected chi connectivity index (χ3v) is 7.40. The number of furan rings is 1. The van der Waals surface area contributed by atoms with Crippen molar-refractivity contribution in [3.8, 4) is 17.1 Å². The van der Waals surface area contributed by atoms with Crippen LogP contribution in [0, 0.1) is 0 Å². The number of ether oxygens (including phenoxy) is 3. The second kappa shape index (κ2) is 11.2. The van der Waals surface area contributed by atoms with Gasteiger partial charge in [0.1, 0.15) is 23.3 Å². The van der Waals surface area contributed by atoms with Gasteiger partial charge in [0.2, 0.25) is 0 Å². The summed E-state index contributed by atoms with van der Waals surface area (Å²) in [7, 11) is 2.87. The van der Waals surface area contributed by atoms with Gasteiger partial charge in [-0.25, -0.2) is 14.6 Å². The Hall–Kier alpha value is -4.70. The highest BCUT2D eigenvalue weighted by molar-refractivity contribution is 7.07. The van der Waals surface area contributed by atoms with E-state index in [0.29, 0.717) is 49.0 Å². The van der Waals surface area contributed by atoms with Gasteiger partial charge in [-0.2, -0.15) is 0 Å². The van der Waals surface area contributed by atoms with Crippen molar-refractivity contribution in [1.29, 1.82) is 0 Å². The second-order valence-corrected chi connectivity index (χ2v) is 9.83. The minimum Gasteiger partial charge on any atom is -0.496 e. The van der Waals surface area contributed by atoms with Gasteiger partial charge in [-0.05, 0) is 44.2 Å². The monoisotopic (exact) mass is 558 g/mol. The van der Waals surface area contributed by atoms with E-state index < -0.39 is 18.0 Å². The van der Waals surface area contributed by atoms with Crippen LogP contribution >= 0.6 is 11.3 Å². The van der Waals surface area contributed by atoms with Gasteiger partial charge >= 0.3 is 11.9 Å². The normalized spacial score (nSPS) is 14.9. The van der Waals surface area contributed by atoms with E-state index in [0.717, 1.165) is 0 Å². The molecule has 204 valence electrons. The highest BCUT2D eigenvalue weighted by Crippen LogP contribution is 2.35. The summed E-state index contributed by atoms with van der Waals surface area (Å²) in [5.74, 6) is 0.509. The molecular weight excluding hydrogens is 532 g/mol. The quantitative estimate of drug-likeness (QED) is 0.317. The summed E-state index contributed by atoms with van der Waals surface area (Å²) in [5.41, 5.74) is 2.13. The van der Waals surface area contributed by atoms with Crippen LogP contribution in [0.5, 0.6) is 5.75 Å². The third-order valence-electron chi connectivity index (χ3n) is 6.42. The molecule has 0 saturated carbocycles. The number of hydrogen-bond donors (Lipinski definition) is 0. The molecule has 3 heterocycles. The van der Waals surface area contributed by atoms with Crippen molar-refractivity contribution in [2.75, 3.05) is 20.8 Å². The van der Waals surface area contributed by atoms with E-state index in [1.807, 2.05) is 24.3 Å². The number of hydrogen-bond acceptors (Lipinski definition) is 9. The van der Waals surface area contributed by atoms with E-state index >= 15 is 0 Å². The Kier molecular flexibility index (Phi) is 7.52. The van der Waals surface area contributed by atoms with Crippen LogP contribution in [0.2, 0.25) is 0 Å². The van der Waals surface area contributed by atoms with Crippen LogP contribution in [0.25, 0.3) is 17.4 Å². The molecule has 4 aromatic rings. The number of nitrogens with zero attached hydrogens (tertiary/aromatic N) is 2. The molecule has 0 fully saturated rings. The highest BCUT2D eigenvalue weighted by Gasteiger charge is 2.35. The van der Waals surface area contributed by atoms with Gasteiger partial charge in [0.25, 0.3) is 5.56 Å². The molecule has 40 heavy (non-hydrogen) atoms. The second-order valence-electron chi connectivity index (χ2n) is 8.82. The lowest BCUT2D eigenvalue weighted by Gasteiger charge is -2.25. The van der Waals surface area contributed by atoms with Crippen LogP contribution in [0.4, 0.5) is 0 Å². The number of carbonyl (C=O) groups excluding carboxylic acids is 2. The number of methoxy groups -OCH3 is 2.